The molecule has 152 valence electrons. The average Bonchev–Trinajstić information content (AvgIpc) is 2.71. The molecule has 0 bridgehead atoms. The fourth-order valence-electron chi connectivity index (χ4n) is 2.77. The van der Waals surface area contributed by atoms with E-state index in [1.54, 1.807) is 19.2 Å². The first-order valence-corrected chi connectivity index (χ1v) is 9.46. The Balaban J connectivity index is 1.86. The van der Waals surface area contributed by atoms with Gasteiger partial charge in [-0.1, -0.05) is 25.1 Å². The maximum absolute atomic E-state index is 12.2. The second-order valence-corrected chi connectivity index (χ2v) is 6.63. The van der Waals surface area contributed by atoms with E-state index in [0.717, 1.165) is 23.5 Å². The van der Waals surface area contributed by atoms with Crippen molar-refractivity contribution in [2.75, 3.05) is 41.0 Å². The summed E-state index contributed by atoms with van der Waals surface area (Å²) in [5.41, 5.74) is 1.03. The number of amides is 1. The minimum Gasteiger partial charge on any atom is -0.496 e. The molecule has 0 heterocycles. The van der Waals surface area contributed by atoms with Crippen molar-refractivity contribution < 1.29 is 19.0 Å². The summed E-state index contributed by atoms with van der Waals surface area (Å²) in [6.45, 7) is 3.16. The molecule has 1 unspecified atom stereocenters. The number of benzene rings is 2. The molecule has 28 heavy (non-hydrogen) atoms. The molecule has 0 aliphatic heterocycles. The molecule has 0 fully saturated rings. The van der Waals surface area contributed by atoms with E-state index < -0.39 is 0 Å². The minimum absolute atomic E-state index is 0.00454. The van der Waals surface area contributed by atoms with Crippen molar-refractivity contribution in [3.05, 3.63) is 54.1 Å². The van der Waals surface area contributed by atoms with E-state index in [-0.39, 0.29) is 18.6 Å². The number of nitrogens with zero attached hydrogens (tertiary/aromatic N) is 1. The molecule has 0 aliphatic carbocycles. The highest BCUT2D eigenvalue weighted by atomic mass is 16.5. The van der Waals surface area contributed by atoms with Crippen LogP contribution in [0.5, 0.6) is 17.2 Å². The molecule has 1 atom stereocenters. The Bertz CT molecular complexity index is 732. The van der Waals surface area contributed by atoms with Crippen molar-refractivity contribution >= 4 is 5.91 Å². The van der Waals surface area contributed by atoms with Crippen molar-refractivity contribution in [2.45, 2.75) is 19.4 Å². The van der Waals surface area contributed by atoms with E-state index in [9.17, 15) is 4.79 Å². The van der Waals surface area contributed by atoms with Gasteiger partial charge in [0.1, 0.15) is 17.2 Å². The first kappa shape index (κ1) is 21.6. The summed E-state index contributed by atoms with van der Waals surface area (Å²) in [5, 5.41) is 2.94. The van der Waals surface area contributed by atoms with Crippen LogP contribution in [0.1, 0.15) is 24.9 Å². The van der Waals surface area contributed by atoms with Gasteiger partial charge in [0, 0.05) is 12.1 Å². The third-order valence-electron chi connectivity index (χ3n) is 4.28. The fourth-order valence-corrected chi connectivity index (χ4v) is 2.77. The maximum Gasteiger partial charge on any atom is 0.258 e. The van der Waals surface area contributed by atoms with Crippen LogP contribution in [-0.4, -0.2) is 51.8 Å². The molecule has 2 aromatic rings. The Morgan fingerprint density at radius 3 is 2.29 bits per heavy atom. The molecule has 6 nitrogen and oxygen atoms in total. The second kappa shape index (κ2) is 11.2. The monoisotopic (exact) mass is 386 g/mol. The number of carbonyl (C=O) groups excluding carboxylic acids is 1. The molecule has 2 rings (SSSR count). The molecule has 0 aromatic heterocycles. The minimum atomic E-state index is -0.173. The fraction of sp³-hybridized carbons (Fsp3) is 0.409. The highest BCUT2D eigenvalue weighted by Gasteiger charge is 2.19. The normalized spacial score (nSPS) is 11.8. The van der Waals surface area contributed by atoms with E-state index in [4.69, 9.17) is 14.2 Å². The average molecular weight is 386 g/mol. The molecule has 2 aromatic carbocycles. The zero-order valence-electron chi connectivity index (χ0n) is 17.1. The van der Waals surface area contributed by atoms with E-state index in [1.807, 2.05) is 55.4 Å². The van der Waals surface area contributed by atoms with Gasteiger partial charge in [0.05, 0.1) is 19.8 Å². The zero-order valence-corrected chi connectivity index (χ0v) is 17.1. The molecular weight excluding hydrogens is 356 g/mol. The highest BCUT2D eigenvalue weighted by molar-refractivity contribution is 5.77. The van der Waals surface area contributed by atoms with E-state index in [1.165, 1.54) is 0 Å². The Labute approximate surface area is 167 Å². The van der Waals surface area contributed by atoms with Crippen LogP contribution in [0.15, 0.2) is 48.5 Å². The van der Waals surface area contributed by atoms with E-state index in [2.05, 4.69) is 12.2 Å². The Hall–Kier alpha value is -2.73. The van der Waals surface area contributed by atoms with Gasteiger partial charge >= 0.3 is 0 Å². The molecule has 0 radical (unpaired) electrons. The van der Waals surface area contributed by atoms with Gasteiger partial charge in [-0.05, 0) is 50.8 Å². The highest BCUT2D eigenvalue weighted by Crippen LogP contribution is 2.27. The van der Waals surface area contributed by atoms with Gasteiger partial charge in [0.15, 0.2) is 6.61 Å². The molecule has 1 N–H and O–H groups in total. The predicted octanol–water partition coefficient (Wildman–Crippen LogP) is 3.28. The number of likely N-dealkylation sites (N-methyl/N-ethyl adjacent to an activating group) is 1. The third-order valence-corrected chi connectivity index (χ3v) is 4.28. The summed E-state index contributed by atoms with van der Waals surface area (Å²) in [4.78, 5) is 14.3. The van der Waals surface area contributed by atoms with Crippen LogP contribution in [0.2, 0.25) is 0 Å². The summed E-state index contributed by atoms with van der Waals surface area (Å²) in [6, 6.07) is 15.1. The first-order valence-electron chi connectivity index (χ1n) is 9.46. The van der Waals surface area contributed by atoms with Gasteiger partial charge < -0.3 is 24.4 Å². The van der Waals surface area contributed by atoms with Gasteiger partial charge in [-0.2, -0.15) is 0 Å². The van der Waals surface area contributed by atoms with Gasteiger partial charge in [0.25, 0.3) is 5.91 Å². The third kappa shape index (κ3) is 6.46. The Kier molecular flexibility index (Phi) is 8.62. The molecule has 0 saturated heterocycles. The lowest BCUT2D eigenvalue weighted by Gasteiger charge is -2.26. The Morgan fingerprint density at radius 2 is 1.68 bits per heavy atom. The van der Waals surface area contributed by atoms with Gasteiger partial charge in [-0.3, -0.25) is 4.79 Å². The number of para-hydroxylation sites is 1. The number of methoxy groups -OCH3 is 1. The first-order chi connectivity index (χ1) is 13.5. The molecule has 6 heteroatoms. The number of nitrogens with one attached hydrogen (secondary N) is 1. The van der Waals surface area contributed by atoms with Crippen LogP contribution in [0.4, 0.5) is 0 Å². The summed E-state index contributed by atoms with van der Waals surface area (Å²) in [5.74, 6) is 2.06. The molecule has 0 saturated carbocycles. The summed E-state index contributed by atoms with van der Waals surface area (Å²) >= 11 is 0. The zero-order chi connectivity index (χ0) is 20.4. The van der Waals surface area contributed by atoms with Crippen LogP contribution in [0.3, 0.4) is 0 Å². The lowest BCUT2D eigenvalue weighted by molar-refractivity contribution is -0.123. The number of rotatable bonds is 11. The molecule has 0 spiro atoms. The van der Waals surface area contributed by atoms with Crippen molar-refractivity contribution in [2.24, 2.45) is 0 Å². The van der Waals surface area contributed by atoms with Crippen LogP contribution >= 0.6 is 0 Å². The number of ether oxygens (including phenoxy) is 3. The molecular formula is C22H30N2O4. The summed E-state index contributed by atoms with van der Waals surface area (Å²) in [7, 11) is 5.60. The van der Waals surface area contributed by atoms with E-state index in [0.29, 0.717) is 18.9 Å². The second-order valence-electron chi connectivity index (χ2n) is 6.63. The Morgan fingerprint density at radius 1 is 1.04 bits per heavy atom. The standard InChI is InChI=1S/C22H30N2O4/c1-5-14-27-17-10-12-18(13-11-17)28-16-22(25)23-15-20(24(2)3)19-8-6-7-9-21(19)26-4/h6-13,20H,5,14-16H2,1-4H3,(H,23,25). The van der Waals surface area contributed by atoms with E-state index >= 15 is 0 Å². The van der Waals surface area contributed by atoms with Crippen LogP contribution in [0, 0.1) is 0 Å². The smallest absolute Gasteiger partial charge is 0.258 e. The van der Waals surface area contributed by atoms with Crippen LogP contribution < -0.4 is 19.5 Å². The quantitative estimate of drug-likeness (QED) is 0.642. The molecule has 1 amide bonds. The lowest BCUT2D eigenvalue weighted by Crippen LogP contribution is -2.37. The SMILES string of the molecule is CCCOc1ccc(OCC(=O)NCC(c2ccccc2OC)N(C)C)cc1. The van der Waals surface area contributed by atoms with Crippen molar-refractivity contribution in [1.82, 2.24) is 10.2 Å². The van der Waals surface area contributed by atoms with Gasteiger partial charge in [-0.25, -0.2) is 0 Å². The number of carbonyl (C=O) groups is 1. The van der Waals surface area contributed by atoms with Crippen LogP contribution in [-0.2, 0) is 4.79 Å². The topological polar surface area (TPSA) is 60.0 Å². The number of hydrogen-bond donors (Lipinski definition) is 1. The van der Waals surface area contributed by atoms with Crippen LogP contribution in [0.25, 0.3) is 0 Å². The summed E-state index contributed by atoms with van der Waals surface area (Å²) in [6.07, 6.45) is 0.960. The van der Waals surface area contributed by atoms with Gasteiger partial charge in [0.2, 0.25) is 0 Å². The van der Waals surface area contributed by atoms with Crippen molar-refractivity contribution in [1.29, 1.82) is 0 Å². The van der Waals surface area contributed by atoms with Gasteiger partial charge in [-0.15, -0.1) is 0 Å². The number of hydrogen-bond acceptors (Lipinski definition) is 5. The van der Waals surface area contributed by atoms with Crippen molar-refractivity contribution in [3.8, 4) is 17.2 Å². The lowest BCUT2D eigenvalue weighted by atomic mass is 10.0. The molecule has 0 aliphatic rings. The summed E-state index contributed by atoms with van der Waals surface area (Å²) < 4.78 is 16.5. The maximum atomic E-state index is 12.2. The van der Waals surface area contributed by atoms with Crippen molar-refractivity contribution in [3.63, 3.8) is 0 Å². The largest absolute Gasteiger partial charge is 0.496 e. The predicted molar refractivity (Wildman–Crippen MR) is 110 cm³/mol.